The fraction of sp³-hybridized carbons (Fsp3) is 0.500. The molecule has 1 fully saturated rings. The summed E-state index contributed by atoms with van der Waals surface area (Å²) in [6, 6.07) is 6.41. The molecule has 28 heavy (non-hydrogen) atoms. The van der Waals surface area contributed by atoms with Gasteiger partial charge in [-0.05, 0) is 31.0 Å². The number of nitrogens with one attached hydrogen (secondary N) is 2. The molecule has 3 rings (SSSR count). The van der Waals surface area contributed by atoms with E-state index in [9.17, 15) is 0 Å². The topological polar surface area (TPSA) is 71.0 Å². The van der Waals surface area contributed by atoms with E-state index in [1.807, 2.05) is 12.3 Å². The Morgan fingerprint density at radius 1 is 1.29 bits per heavy atom. The van der Waals surface area contributed by atoms with Gasteiger partial charge in [-0.25, -0.2) is 4.98 Å². The molecule has 0 radical (unpaired) electrons. The molecule has 0 spiro atoms. The third kappa shape index (κ3) is 5.59. The average molecular weight is 404 g/mol. The van der Waals surface area contributed by atoms with Crippen LogP contribution < -0.4 is 20.1 Å². The van der Waals surface area contributed by atoms with Crippen molar-refractivity contribution < 1.29 is 9.47 Å². The summed E-state index contributed by atoms with van der Waals surface area (Å²) >= 11 is 1.71. The van der Waals surface area contributed by atoms with E-state index in [-0.39, 0.29) is 0 Å². The number of likely N-dealkylation sites (tertiary alicyclic amines) is 1. The van der Waals surface area contributed by atoms with Gasteiger partial charge in [0.05, 0.1) is 20.8 Å². The van der Waals surface area contributed by atoms with Crippen molar-refractivity contribution in [2.75, 3.05) is 34.4 Å². The van der Waals surface area contributed by atoms with Gasteiger partial charge in [-0.1, -0.05) is 0 Å². The van der Waals surface area contributed by atoms with Gasteiger partial charge >= 0.3 is 0 Å². The zero-order chi connectivity index (χ0) is 19.9. The standard InChI is InChI=1S/C20H29N5O2S/c1-14-10-22-19(28-14)11-23-20(21-2)24-16-5-6-25(13-16)12-15-7-17(26-3)9-18(8-15)27-4/h7-10,16H,5-6,11-13H2,1-4H3,(H2,21,23,24). The smallest absolute Gasteiger partial charge is 0.191 e. The zero-order valence-electron chi connectivity index (χ0n) is 17.0. The van der Waals surface area contributed by atoms with Gasteiger partial charge in [0.25, 0.3) is 0 Å². The number of ether oxygens (including phenoxy) is 2. The number of aliphatic imine (C=N–C) groups is 1. The van der Waals surface area contributed by atoms with E-state index in [2.05, 4.69) is 44.6 Å². The number of aromatic nitrogens is 1. The van der Waals surface area contributed by atoms with Crippen LogP contribution in [0.3, 0.4) is 0 Å². The highest BCUT2D eigenvalue weighted by Crippen LogP contribution is 2.24. The molecule has 1 atom stereocenters. The third-order valence-corrected chi connectivity index (χ3v) is 5.64. The number of hydrogen-bond acceptors (Lipinski definition) is 6. The van der Waals surface area contributed by atoms with E-state index in [4.69, 9.17) is 9.47 Å². The van der Waals surface area contributed by atoms with Crippen molar-refractivity contribution in [1.82, 2.24) is 20.5 Å². The van der Waals surface area contributed by atoms with E-state index < -0.39 is 0 Å². The fourth-order valence-corrected chi connectivity index (χ4v) is 4.07. The van der Waals surface area contributed by atoms with Crippen molar-refractivity contribution in [2.24, 2.45) is 4.99 Å². The number of nitrogens with zero attached hydrogens (tertiary/aromatic N) is 3. The predicted molar refractivity (Wildman–Crippen MR) is 113 cm³/mol. The minimum atomic E-state index is 0.372. The van der Waals surface area contributed by atoms with Crippen LogP contribution in [0.5, 0.6) is 11.5 Å². The Hall–Kier alpha value is -2.32. The second kappa shape index (κ2) is 9.75. The first kappa shape index (κ1) is 20.4. The number of rotatable bonds is 7. The van der Waals surface area contributed by atoms with Gasteiger partial charge < -0.3 is 20.1 Å². The largest absolute Gasteiger partial charge is 0.497 e. The molecule has 7 nitrogen and oxygen atoms in total. The van der Waals surface area contributed by atoms with Gasteiger partial charge in [-0.15, -0.1) is 11.3 Å². The first-order valence-electron chi connectivity index (χ1n) is 9.42. The lowest BCUT2D eigenvalue weighted by molar-refractivity contribution is 0.321. The summed E-state index contributed by atoms with van der Waals surface area (Å²) in [5.74, 6) is 2.47. The van der Waals surface area contributed by atoms with Crippen molar-refractivity contribution in [2.45, 2.75) is 32.5 Å². The molecule has 1 aromatic heterocycles. The molecular formula is C20H29N5O2S. The van der Waals surface area contributed by atoms with Crippen molar-refractivity contribution >= 4 is 17.3 Å². The van der Waals surface area contributed by atoms with Crippen LogP contribution in [0.1, 0.15) is 21.9 Å². The Morgan fingerprint density at radius 2 is 2.04 bits per heavy atom. The van der Waals surface area contributed by atoms with E-state index in [1.54, 1.807) is 32.6 Å². The number of methoxy groups -OCH3 is 2. The quantitative estimate of drug-likeness (QED) is 0.547. The number of aryl methyl sites for hydroxylation is 1. The van der Waals surface area contributed by atoms with Crippen LogP contribution in [-0.2, 0) is 13.1 Å². The van der Waals surface area contributed by atoms with Crippen molar-refractivity contribution in [1.29, 1.82) is 0 Å². The summed E-state index contributed by atoms with van der Waals surface area (Å²) in [4.78, 5) is 12.4. The van der Waals surface area contributed by atoms with Gasteiger partial charge in [0.1, 0.15) is 16.5 Å². The molecule has 1 aliphatic rings. The highest BCUT2D eigenvalue weighted by Gasteiger charge is 2.23. The highest BCUT2D eigenvalue weighted by atomic mass is 32.1. The Labute approximate surface area is 170 Å². The van der Waals surface area contributed by atoms with E-state index >= 15 is 0 Å². The van der Waals surface area contributed by atoms with Gasteiger partial charge in [-0.2, -0.15) is 0 Å². The maximum Gasteiger partial charge on any atom is 0.191 e. The first-order chi connectivity index (χ1) is 13.6. The SMILES string of the molecule is CN=C(NCc1ncc(C)s1)NC1CCN(Cc2cc(OC)cc(OC)c2)C1. The van der Waals surface area contributed by atoms with Gasteiger partial charge in [0, 0.05) is 49.9 Å². The minimum absolute atomic E-state index is 0.372. The molecule has 0 aliphatic carbocycles. The summed E-state index contributed by atoms with van der Waals surface area (Å²) < 4.78 is 10.8. The molecule has 1 aliphatic heterocycles. The minimum Gasteiger partial charge on any atom is -0.497 e. The maximum absolute atomic E-state index is 5.38. The number of hydrogen-bond donors (Lipinski definition) is 2. The van der Waals surface area contributed by atoms with Crippen LogP contribution in [0.2, 0.25) is 0 Å². The van der Waals surface area contributed by atoms with Gasteiger partial charge in [-0.3, -0.25) is 9.89 Å². The summed E-state index contributed by atoms with van der Waals surface area (Å²) in [6.07, 6.45) is 2.98. The molecule has 0 saturated carbocycles. The maximum atomic E-state index is 5.38. The molecular weight excluding hydrogens is 374 g/mol. The van der Waals surface area contributed by atoms with Gasteiger partial charge in [0.15, 0.2) is 5.96 Å². The van der Waals surface area contributed by atoms with Crippen molar-refractivity contribution in [3.8, 4) is 11.5 Å². The second-order valence-corrected chi connectivity index (χ2v) is 8.20. The van der Waals surface area contributed by atoms with Crippen LogP contribution in [0, 0.1) is 6.92 Å². The molecule has 1 saturated heterocycles. The third-order valence-electron chi connectivity index (χ3n) is 4.73. The van der Waals surface area contributed by atoms with Crippen molar-refractivity contribution in [3.63, 3.8) is 0 Å². The predicted octanol–water partition coefficient (Wildman–Crippen LogP) is 2.41. The Balaban J connectivity index is 1.50. The van der Waals surface area contributed by atoms with Gasteiger partial charge in [0.2, 0.25) is 0 Å². The highest BCUT2D eigenvalue weighted by molar-refractivity contribution is 7.11. The number of thiazole rings is 1. The first-order valence-corrected chi connectivity index (χ1v) is 10.2. The van der Waals surface area contributed by atoms with Crippen LogP contribution in [0.25, 0.3) is 0 Å². The molecule has 0 bridgehead atoms. The molecule has 1 unspecified atom stereocenters. The molecule has 8 heteroatoms. The second-order valence-electron chi connectivity index (χ2n) is 6.88. The lowest BCUT2D eigenvalue weighted by Gasteiger charge is -2.19. The molecule has 2 N–H and O–H groups in total. The van der Waals surface area contributed by atoms with E-state index in [0.29, 0.717) is 12.6 Å². The molecule has 1 aromatic carbocycles. The molecule has 2 aromatic rings. The monoisotopic (exact) mass is 403 g/mol. The summed E-state index contributed by atoms with van der Waals surface area (Å²) in [6.45, 7) is 5.64. The van der Waals surface area contributed by atoms with Crippen LogP contribution in [0.15, 0.2) is 29.4 Å². The van der Waals surface area contributed by atoms with Crippen molar-refractivity contribution in [3.05, 3.63) is 39.8 Å². The Bertz CT molecular complexity index is 785. The zero-order valence-corrected chi connectivity index (χ0v) is 17.8. The lowest BCUT2D eigenvalue weighted by Crippen LogP contribution is -2.44. The molecule has 0 amide bonds. The number of guanidine groups is 1. The summed E-state index contributed by atoms with van der Waals surface area (Å²) in [5.41, 5.74) is 1.19. The fourth-order valence-electron chi connectivity index (χ4n) is 3.34. The normalized spacial score (nSPS) is 17.6. The van der Waals surface area contributed by atoms with Crippen LogP contribution in [0.4, 0.5) is 0 Å². The summed E-state index contributed by atoms with van der Waals surface area (Å²) in [5, 5.41) is 7.95. The van der Waals surface area contributed by atoms with E-state index in [1.165, 1.54) is 10.4 Å². The van der Waals surface area contributed by atoms with Crippen LogP contribution >= 0.6 is 11.3 Å². The van der Waals surface area contributed by atoms with Crippen LogP contribution in [-0.4, -0.2) is 56.2 Å². The summed E-state index contributed by atoms with van der Waals surface area (Å²) in [7, 11) is 5.16. The number of benzene rings is 1. The average Bonchev–Trinajstić information content (AvgIpc) is 3.33. The molecule has 2 heterocycles. The lowest BCUT2D eigenvalue weighted by atomic mass is 10.2. The Morgan fingerprint density at radius 3 is 2.64 bits per heavy atom. The van der Waals surface area contributed by atoms with E-state index in [0.717, 1.165) is 48.5 Å². The molecule has 152 valence electrons. The Kier molecular flexibility index (Phi) is 7.11.